The van der Waals surface area contributed by atoms with Gasteiger partial charge in [-0.3, -0.25) is 9.10 Å². The first-order chi connectivity index (χ1) is 14.7. The molecule has 0 atom stereocenters. The van der Waals surface area contributed by atoms with Gasteiger partial charge in [0.15, 0.2) is 11.5 Å². The third-order valence-corrected chi connectivity index (χ3v) is 5.71. The van der Waals surface area contributed by atoms with Crippen LogP contribution in [0.25, 0.3) is 0 Å². The Hall–Kier alpha value is -2.75. The highest BCUT2D eigenvalue weighted by atomic mass is 35.5. The molecular formula is C20H21Cl2N3O5S. The Kier molecular flexibility index (Phi) is 8.73. The number of carbonyl (C=O) groups excluding carboxylic acids is 1. The summed E-state index contributed by atoms with van der Waals surface area (Å²) in [6.07, 6.45) is 3.98. The molecule has 1 amide bonds. The Morgan fingerprint density at radius 3 is 2.55 bits per heavy atom. The molecule has 0 bridgehead atoms. The minimum Gasteiger partial charge on any atom is -0.493 e. The van der Waals surface area contributed by atoms with Gasteiger partial charge in [0, 0.05) is 0 Å². The zero-order valence-corrected chi connectivity index (χ0v) is 19.2. The van der Waals surface area contributed by atoms with E-state index in [4.69, 9.17) is 32.7 Å². The van der Waals surface area contributed by atoms with Gasteiger partial charge in [-0.15, -0.1) is 0 Å². The van der Waals surface area contributed by atoms with Crippen LogP contribution in [-0.2, 0) is 14.8 Å². The number of nitrogens with one attached hydrogen (secondary N) is 1. The van der Waals surface area contributed by atoms with E-state index >= 15 is 0 Å². The minimum atomic E-state index is -3.76. The molecule has 0 aromatic heterocycles. The average Bonchev–Trinajstić information content (AvgIpc) is 2.72. The third-order valence-electron chi connectivity index (χ3n) is 3.83. The fourth-order valence-corrected chi connectivity index (χ4v) is 3.56. The third kappa shape index (κ3) is 7.16. The molecule has 0 heterocycles. The molecule has 0 fully saturated rings. The van der Waals surface area contributed by atoms with E-state index in [1.54, 1.807) is 24.3 Å². The summed E-state index contributed by atoms with van der Waals surface area (Å²) >= 11 is 11.8. The Bertz CT molecular complexity index is 1090. The highest BCUT2D eigenvalue weighted by Crippen LogP contribution is 2.29. The van der Waals surface area contributed by atoms with Crippen LogP contribution >= 0.6 is 23.2 Å². The topological polar surface area (TPSA) is 97.3 Å². The molecule has 1 N–H and O–H groups in total. The number of hydrazone groups is 1. The van der Waals surface area contributed by atoms with Gasteiger partial charge in [-0.25, -0.2) is 13.8 Å². The summed E-state index contributed by atoms with van der Waals surface area (Å²) in [7, 11) is -2.26. The number of halogens is 2. The van der Waals surface area contributed by atoms with Crippen molar-refractivity contribution in [1.29, 1.82) is 0 Å². The summed E-state index contributed by atoms with van der Waals surface area (Å²) in [4.78, 5) is 12.3. The van der Waals surface area contributed by atoms with Gasteiger partial charge in [0.2, 0.25) is 10.0 Å². The first-order valence-corrected chi connectivity index (χ1v) is 11.4. The lowest BCUT2D eigenvalue weighted by Gasteiger charge is -2.21. The molecule has 166 valence electrons. The van der Waals surface area contributed by atoms with Crippen LogP contribution < -0.4 is 19.2 Å². The van der Waals surface area contributed by atoms with Gasteiger partial charge in [-0.05, 0) is 42.0 Å². The summed E-state index contributed by atoms with van der Waals surface area (Å²) in [6.45, 7) is 3.42. The minimum absolute atomic E-state index is 0.167. The van der Waals surface area contributed by atoms with Gasteiger partial charge in [0.05, 0.1) is 35.3 Å². The molecule has 0 aliphatic carbocycles. The maximum Gasteiger partial charge on any atom is 0.260 e. The summed E-state index contributed by atoms with van der Waals surface area (Å²) < 4.78 is 35.9. The summed E-state index contributed by atoms with van der Waals surface area (Å²) in [6, 6.07) is 9.35. The van der Waals surface area contributed by atoms with E-state index in [0.717, 1.165) is 10.6 Å². The average molecular weight is 486 g/mol. The second-order valence-electron chi connectivity index (χ2n) is 6.17. The smallest absolute Gasteiger partial charge is 0.260 e. The van der Waals surface area contributed by atoms with E-state index in [0.29, 0.717) is 23.7 Å². The van der Waals surface area contributed by atoms with Crippen LogP contribution in [0.15, 0.2) is 54.2 Å². The van der Waals surface area contributed by atoms with Gasteiger partial charge in [-0.1, -0.05) is 35.9 Å². The molecule has 0 saturated heterocycles. The molecule has 0 spiro atoms. The zero-order valence-electron chi connectivity index (χ0n) is 16.8. The summed E-state index contributed by atoms with van der Waals surface area (Å²) in [5, 5.41) is 4.30. The van der Waals surface area contributed by atoms with Gasteiger partial charge < -0.3 is 9.47 Å². The quantitative estimate of drug-likeness (QED) is 0.315. The Morgan fingerprint density at radius 2 is 1.94 bits per heavy atom. The maximum absolute atomic E-state index is 12.3. The second kappa shape index (κ2) is 11.0. The van der Waals surface area contributed by atoms with Crippen molar-refractivity contribution in [2.24, 2.45) is 5.10 Å². The molecule has 0 radical (unpaired) electrons. The van der Waals surface area contributed by atoms with Crippen LogP contribution in [0.4, 0.5) is 5.69 Å². The van der Waals surface area contributed by atoms with Crippen LogP contribution in [-0.4, -0.2) is 47.1 Å². The lowest BCUT2D eigenvalue weighted by Crippen LogP contribution is -2.39. The van der Waals surface area contributed by atoms with Crippen molar-refractivity contribution in [2.75, 3.05) is 30.8 Å². The molecule has 11 heteroatoms. The van der Waals surface area contributed by atoms with Gasteiger partial charge >= 0.3 is 0 Å². The summed E-state index contributed by atoms with van der Waals surface area (Å²) in [5.74, 6) is 0.375. The van der Waals surface area contributed by atoms with Gasteiger partial charge in [-0.2, -0.15) is 5.10 Å². The number of anilines is 1. The molecule has 2 aromatic carbocycles. The van der Waals surface area contributed by atoms with Crippen molar-refractivity contribution >= 4 is 51.0 Å². The second-order valence-corrected chi connectivity index (χ2v) is 8.89. The van der Waals surface area contributed by atoms with Crippen LogP contribution in [0.5, 0.6) is 11.5 Å². The number of sulfonamides is 1. The molecule has 2 aromatic rings. The number of nitrogens with zero attached hydrogens (tertiary/aromatic N) is 2. The number of carbonyl (C=O) groups is 1. The maximum atomic E-state index is 12.3. The van der Waals surface area contributed by atoms with Crippen molar-refractivity contribution in [1.82, 2.24) is 5.43 Å². The molecule has 0 aliphatic rings. The lowest BCUT2D eigenvalue weighted by atomic mass is 10.2. The number of rotatable bonds is 10. The fourth-order valence-electron chi connectivity index (χ4n) is 2.42. The number of hydrogen-bond acceptors (Lipinski definition) is 6. The van der Waals surface area contributed by atoms with Crippen molar-refractivity contribution in [3.05, 3.63) is 64.7 Å². The number of hydrogen-bond donors (Lipinski definition) is 1. The number of benzene rings is 2. The normalized spacial score (nSPS) is 11.2. The first kappa shape index (κ1) is 24.5. The molecular weight excluding hydrogens is 465 g/mol. The number of ether oxygens (including phenoxy) is 2. The van der Waals surface area contributed by atoms with E-state index in [9.17, 15) is 13.2 Å². The van der Waals surface area contributed by atoms with Crippen LogP contribution in [0, 0.1) is 0 Å². The molecule has 0 unspecified atom stereocenters. The Labute approximate surface area is 191 Å². The van der Waals surface area contributed by atoms with Crippen LogP contribution in [0.2, 0.25) is 10.0 Å². The van der Waals surface area contributed by atoms with Crippen LogP contribution in [0.3, 0.4) is 0 Å². The standard InChI is InChI=1S/C20H21Cl2N3O5S/c1-4-9-30-18-8-5-14(10-19(18)29-2)12-23-24-20(26)13-25(31(3,27)28)15-6-7-16(21)17(22)11-15/h4-8,10-12H,1,9,13H2,2-3H3,(H,24,26). The van der Waals surface area contributed by atoms with E-state index in [2.05, 4.69) is 17.1 Å². The predicted molar refractivity (Wildman–Crippen MR) is 123 cm³/mol. The zero-order chi connectivity index (χ0) is 23.0. The molecule has 0 saturated carbocycles. The number of amides is 1. The lowest BCUT2D eigenvalue weighted by molar-refractivity contribution is -0.119. The van der Waals surface area contributed by atoms with Crippen molar-refractivity contribution in [2.45, 2.75) is 0 Å². The first-order valence-electron chi connectivity index (χ1n) is 8.82. The van der Waals surface area contributed by atoms with E-state index < -0.39 is 22.5 Å². The van der Waals surface area contributed by atoms with Crippen molar-refractivity contribution in [3.63, 3.8) is 0 Å². The molecule has 8 nitrogen and oxygen atoms in total. The van der Waals surface area contributed by atoms with E-state index in [-0.39, 0.29) is 15.7 Å². The van der Waals surface area contributed by atoms with E-state index in [1.165, 1.54) is 31.5 Å². The monoisotopic (exact) mass is 485 g/mol. The van der Waals surface area contributed by atoms with E-state index in [1.807, 2.05) is 0 Å². The van der Waals surface area contributed by atoms with Crippen molar-refractivity contribution < 1.29 is 22.7 Å². The predicted octanol–water partition coefficient (Wildman–Crippen LogP) is 3.48. The molecule has 0 aliphatic heterocycles. The highest BCUT2D eigenvalue weighted by Gasteiger charge is 2.21. The SMILES string of the molecule is C=CCOc1ccc(C=NNC(=O)CN(c2ccc(Cl)c(Cl)c2)S(C)(=O)=O)cc1OC. The Balaban J connectivity index is 2.09. The summed E-state index contributed by atoms with van der Waals surface area (Å²) in [5.41, 5.74) is 3.13. The fraction of sp³-hybridized carbons (Fsp3) is 0.200. The van der Waals surface area contributed by atoms with Gasteiger partial charge in [0.25, 0.3) is 5.91 Å². The number of methoxy groups -OCH3 is 1. The Morgan fingerprint density at radius 1 is 1.19 bits per heavy atom. The van der Waals surface area contributed by atoms with Crippen LogP contribution in [0.1, 0.15) is 5.56 Å². The molecule has 31 heavy (non-hydrogen) atoms. The van der Waals surface area contributed by atoms with Crippen molar-refractivity contribution in [3.8, 4) is 11.5 Å². The molecule has 2 rings (SSSR count). The highest BCUT2D eigenvalue weighted by molar-refractivity contribution is 7.92. The largest absolute Gasteiger partial charge is 0.493 e. The van der Waals surface area contributed by atoms with Gasteiger partial charge in [0.1, 0.15) is 13.2 Å².